The summed E-state index contributed by atoms with van der Waals surface area (Å²) in [6.45, 7) is 0. The van der Waals surface area contributed by atoms with Gasteiger partial charge in [-0.25, -0.2) is 0 Å². The Hall–Kier alpha value is -0.210. The first kappa shape index (κ1) is 6.90. The summed E-state index contributed by atoms with van der Waals surface area (Å²) >= 11 is 11.4. The zero-order chi connectivity index (χ0) is 7.02. The number of aryl methyl sites for hydroxylation is 2. The fraction of sp³-hybridized carbons (Fsp3) is 0.400. The van der Waals surface area contributed by atoms with Crippen LogP contribution in [-0.4, -0.2) is 4.57 Å². The Morgan fingerprint density at radius 3 is 2.22 bits per heavy atom. The van der Waals surface area contributed by atoms with Crippen molar-refractivity contribution in [2.24, 2.45) is 14.1 Å². The Morgan fingerprint density at radius 1 is 1.56 bits per heavy atom. The van der Waals surface area contributed by atoms with Gasteiger partial charge in [-0.2, -0.15) is 0 Å². The lowest BCUT2D eigenvalue weighted by molar-refractivity contribution is -0.672. The summed E-state index contributed by atoms with van der Waals surface area (Å²) < 4.78 is 3.26. The van der Waals surface area contributed by atoms with Crippen LogP contribution in [0.4, 0.5) is 0 Å². The predicted molar refractivity (Wildman–Crippen MR) is 35.4 cm³/mol. The number of rotatable bonds is 0. The summed E-state index contributed by atoms with van der Waals surface area (Å²) in [5.41, 5.74) is 0. The van der Waals surface area contributed by atoms with Gasteiger partial charge in [-0.05, 0) is 0 Å². The zero-order valence-electron chi connectivity index (χ0n) is 5.15. The highest BCUT2D eigenvalue weighted by molar-refractivity contribution is 6.39. The minimum Gasteiger partial charge on any atom is -0.337 e. The van der Waals surface area contributed by atoms with Gasteiger partial charge in [0.15, 0.2) is 0 Å². The molecule has 1 rings (SSSR count). The SMILES string of the molecule is Cn1[c-][n+](C)c(Cl)c1Cl. The summed E-state index contributed by atoms with van der Waals surface area (Å²) in [5.74, 6) is 0. The molecule has 0 fully saturated rings. The highest BCUT2D eigenvalue weighted by atomic mass is 35.5. The van der Waals surface area contributed by atoms with E-state index in [1.54, 1.807) is 23.2 Å². The van der Waals surface area contributed by atoms with E-state index in [1.165, 1.54) is 0 Å². The summed E-state index contributed by atoms with van der Waals surface area (Å²) in [7, 11) is 3.57. The van der Waals surface area contributed by atoms with Gasteiger partial charge in [0.05, 0.1) is 24.4 Å². The molecule has 0 unspecified atom stereocenters. The van der Waals surface area contributed by atoms with Gasteiger partial charge in [0, 0.05) is 0 Å². The number of aromatic nitrogens is 2. The second kappa shape index (κ2) is 2.20. The topological polar surface area (TPSA) is 8.81 Å². The summed E-state index contributed by atoms with van der Waals surface area (Å²) in [6.07, 6.45) is 2.84. The molecule has 50 valence electrons. The number of halogens is 2. The van der Waals surface area contributed by atoms with Gasteiger partial charge >= 0.3 is 0 Å². The highest BCUT2D eigenvalue weighted by Gasteiger charge is 2.01. The summed E-state index contributed by atoms with van der Waals surface area (Å²) in [5, 5.41) is 1.03. The normalized spacial score (nSPS) is 10.2. The minimum absolute atomic E-state index is 0.513. The van der Waals surface area contributed by atoms with Crippen molar-refractivity contribution in [2.45, 2.75) is 0 Å². The minimum atomic E-state index is 0.513. The predicted octanol–water partition coefficient (Wildman–Crippen LogP) is 0.957. The van der Waals surface area contributed by atoms with Gasteiger partial charge < -0.3 is 9.13 Å². The average Bonchev–Trinajstić information content (AvgIpc) is 1.98. The molecule has 0 bridgehead atoms. The Labute approximate surface area is 63.6 Å². The van der Waals surface area contributed by atoms with Crippen LogP contribution in [-0.2, 0) is 14.1 Å². The van der Waals surface area contributed by atoms with Crippen LogP contribution < -0.4 is 4.57 Å². The highest BCUT2D eigenvalue weighted by Crippen LogP contribution is 2.15. The van der Waals surface area contributed by atoms with E-state index in [2.05, 4.69) is 6.33 Å². The molecule has 0 N–H and O–H groups in total. The largest absolute Gasteiger partial charge is 0.337 e. The van der Waals surface area contributed by atoms with Gasteiger partial charge in [-0.3, -0.25) is 0 Å². The van der Waals surface area contributed by atoms with Crippen LogP contribution in [0, 0.1) is 6.33 Å². The third-order valence-corrected chi connectivity index (χ3v) is 2.02. The first-order valence-corrected chi connectivity index (χ1v) is 3.17. The molecule has 0 atom stereocenters. The van der Waals surface area contributed by atoms with Crippen molar-refractivity contribution >= 4 is 23.2 Å². The van der Waals surface area contributed by atoms with Crippen molar-refractivity contribution in [2.75, 3.05) is 0 Å². The lowest BCUT2D eigenvalue weighted by Gasteiger charge is -1.91. The van der Waals surface area contributed by atoms with Gasteiger partial charge in [0.1, 0.15) is 0 Å². The Balaban J connectivity index is 3.29. The summed E-state index contributed by atoms with van der Waals surface area (Å²) in [4.78, 5) is 0. The zero-order valence-corrected chi connectivity index (χ0v) is 6.66. The van der Waals surface area contributed by atoms with E-state index in [-0.39, 0.29) is 0 Å². The molecule has 0 spiro atoms. The second-order valence-corrected chi connectivity index (χ2v) is 2.52. The van der Waals surface area contributed by atoms with E-state index in [0.717, 1.165) is 0 Å². The van der Waals surface area contributed by atoms with Gasteiger partial charge in [0.25, 0.3) is 0 Å². The maximum Gasteiger partial charge on any atom is 0.205 e. The molecule has 0 aliphatic carbocycles. The van der Waals surface area contributed by atoms with Gasteiger partial charge in [-0.1, -0.05) is 0 Å². The van der Waals surface area contributed by atoms with E-state index in [1.807, 2.05) is 0 Å². The van der Waals surface area contributed by atoms with E-state index in [0.29, 0.717) is 10.3 Å². The summed E-state index contributed by atoms with van der Waals surface area (Å²) in [6, 6.07) is 0. The van der Waals surface area contributed by atoms with Crippen molar-refractivity contribution in [3.05, 3.63) is 16.6 Å². The van der Waals surface area contributed by atoms with Crippen LogP contribution in [0.15, 0.2) is 0 Å². The molecule has 4 heteroatoms. The monoisotopic (exact) mass is 164 g/mol. The van der Waals surface area contributed by atoms with E-state index < -0.39 is 0 Å². The molecule has 0 saturated carbocycles. The molecule has 0 saturated heterocycles. The van der Waals surface area contributed by atoms with Crippen LogP contribution in [0.1, 0.15) is 0 Å². The number of nitrogens with zero attached hydrogens (tertiary/aromatic N) is 2. The maximum absolute atomic E-state index is 5.68. The third kappa shape index (κ3) is 1.05. The van der Waals surface area contributed by atoms with Crippen molar-refractivity contribution in [3.8, 4) is 0 Å². The molecular formula is C5H6Cl2N2. The molecule has 0 amide bonds. The lowest BCUT2D eigenvalue weighted by atomic mass is 10.9. The Bertz CT molecular complexity index is 207. The molecule has 1 aromatic rings. The fourth-order valence-corrected chi connectivity index (χ4v) is 0.919. The van der Waals surface area contributed by atoms with Crippen LogP contribution in [0.5, 0.6) is 0 Å². The molecule has 0 aliphatic rings. The quantitative estimate of drug-likeness (QED) is 0.399. The molecule has 0 aliphatic heterocycles. The van der Waals surface area contributed by atoms with Crippen molar-refractivity contribution in [1.82, 2.24) is 4.57 Å². The molecule has 0 radical (unpaired) electrons. The van der Waals surface area contributed by atoms with Gasteiger partial charge in [0.2, 0.25) is 6.33 Å². The van der Waals surface area contributed by atoms with Crippen LogP contribution in [0.3, 0.4) is 0 Å². The lowest BCUT2D eigenvalue weighted by Crippen LogP contribution is -2.26. The number of imidazole rings is 1. The molecule has 0 aromatic carbocycles. The first-order chi connectivity index (χ1) is 4.13. The Kier molecular flexibility index (Phi) is 1.68. The molecule has 9 heavy (non-hydrogen) atoms. The van der Waals surface area contributed by atoms with Crippen LogP contribution in [0.2, 0.25) is 10.3 Å². The van der Waals surface area contributed by atoms with Gasteiger partial charge in [-0.15, -0.1) is 23.2 Å². The molecular weight excluding hydrogens is 159 g/mol. The van der Waals surface area contributed by atoms with E-state index >= 15 is 0 Å². The maximum atomic E-state index is 5.68. The molecule has 2 nitrogen and oxygen atoms in total. The fourth-order valence-electron chi connectivity index (χ4n) is 0.590. The molecule has 1 aromatic heterocycles. The smallest absolute Gasteiger partial charge is 0.205 e. The van der Waals surface area contributed by atoms with Crippen LogP contribution in [0.25, 0.3) is 0 Å². The first-order valence-electron chi connectivity index (χ1n) is 2.42. The van der Waals surface area contributed by atoms with Crippen molar-refractivity contribution in [1.29, 1.82) is 0 Å². The van der Waals surface area contributed by atoms with Crippen molar-refractivity contribution < 1.29 is 4.57 Å². The third-order valence-electron chi connectivity index (χ3n) is 1.06. The standard InChI is InChI=1S/C5H6Cl2N2/c1-8-3-9(2)5(7)4(8)6/h1-2H3. The van der Waals surface area contributed by atoms with E-state index in [4.69, 9.17) is 23.2 Å². The van der Waals surface area contributed by atoms with Crippen molar-refractivity contribution in [3.63, 3.8) is 0 Å². The average molecular weight is 165 g/mol. The number of hydrogen-bond acceptors (Lipinski definition) is 0. The Morgan fingerprint density at radius 2 is 2.11 bits per heavy atom. The second-order valence-electron chi connectivity index (χ2n) is 1.80. The van der Waals surface area contributed by atoms with E-state index in [9.17, 15) is 0 Å². The number of hydrogen-bond donors (Lipinski definition) is 0. The van der Waals surface area contributed by atoms with Crippen LogP contribution >= 0.6 is 23.2 Å². The molecule has 1 heterocycles.